The second-order valence-corrected chi connectivity index (χ2v) is 6.42. The number of hydrogen-bond acceptors (Lipinski definition) is 4. The van der Waals surface area contributed by atoms with Gasteiger partial charge < -0.3 is 10.2 Å². The highest BCUT2D eigenvalue weighted by Crippen LogP contribution is 2.33. The molecule has 0 aliphatic rings. The van der Waals surface area contributed by atoms with Crippen molar-refractivity contribution < 1.29 is 19.0 Å². The van der Waals surface area contributed by atoms with Crippen LogP contribution in [0.25, 0.3) is 0 Å². The number of benzene rings is 2. The topological polar surface area (TPSA) is 88.0 Å². The molecule has 0 spiro atoms. The third-order valence-electron chi connectivity index (χ3n) is 2.45. The molecule has 0 heterocycles. The highest BCUT2D eigenvalue weighted by atomic mass is 79.9. The summed E-state index contributed by atoms with van der Waals surface area (Å²) in [7, 11) is 0. The van der Waals surface area contributed by atoms with Crippen molar-refractivity contribution in [3.63, 3.8) is 0 Å². The lowest BCUT2D eigenvalue weighted by Crippen LogP contribution is -1.87. The smallest absolute Gasteiger partial charge is 0.158 e. The Balaban J connectivity index is 0.000000231. The average molecular weight is 511 g/mol. The zero-order valence-corrected chi connectivity index (χ0v) is 15.7. The number of halogens is 5. The molecule has 23 heavy (non-hydrogen) atoms. The van der Waals surface area contributed by atoms with E-state index < -0.39 is 11.6 Å². The molecule has 0 atom stereocenters. The van der Waals surface area contributed by atoms with Crippen LogP contribution >= 0.6 is 47.8 Å². The molecule has 4 nitrogen and oxygen atoms in total. The first-order valence-corrected chi connectivity index (χ1v) is 7.96. The summed E-state index contributed by atoms with van der Waals surface area (Å²) in [4.78, 5) is 0. The summed E-state index contributed by atoms with van der Waals surface area (Å²) in [6.45, 7) is 0. The summed E-state index contributed by atoms with van der Waals surface area (Å²) < 4.78 is 26.4. The number of rotatable bonds is 0. The predicted molar refractivity (Wildman–Crippen MR) is 88.7 cm³/mol. The molecular formula is C14H5Br3F2N2O2. The van der Waals surface area contributed by atoms with Crippen LogP contribution in [0.1, 0.15) is 11.1 Å². The lowest BCUT2D eigenvalue weighted by Gasteiger charge is -2.01. The first kappa shape index (κ1) is 19.4. The van der Waals surface area contributed by atoms with Crippen molar-refractivity contribution in [2.24, 2.45) is 0 Å². The number of hydrogen-bond donors (Lipinski definition) is 2. The molecule has 2 aromatic rings. The fourth-order valence-corrected chi connectivity index (χ4v) is 2.83. The van der Waals surface area contributed by atoms with E-state index in [1.165, 1.54) is 12.1 Å². The molecule has 2 rings (SSSR count). The second-order valence-electron chi connectivity index (χ2n) is 3.85. The van der Waals surface area contributed by atoms with Gasteiger partial charge in [0.1, 0.15) is 29.1 Å². The van der Waals surface area contributed by atoms with Crippen molar-refractivity contribution in [3.05, 3.63) is 54.4 Å². The van der Waals surface area contributed by atoms with Gasteiger partial charge in [0.25, 0.3) is 0 Å². The third kappa shape index (κ3) is 4.41. The van der Waals surface area contributed by atoms with Gasteiger partial charge in [-0.05, 0) is 66.0 Å². The van der Waals surface area contributed by atoms with Crippen molar-refractivity contribution in [3.8, 4) is 23.6 Å². The number of aromatic hydroxyl groups is 2. The van der Waals surface area contributed by atoms with Gasteiger partial charge in [-0.25, -0.2) is 8.78 Å². The van der Waals surface area contributed by atoms with E-state index >= 15 is 0 Å². The molecule has 0 radical (unpaired) electrons. The van der Waals surface area contributed by atoms with Crippen molar-refractivity contribution in [1.29, 1.82) is 10.5 Å². The van der Waals surface area contributed by atoms with Crippen molar-refractivity contribution in [2.75, 3.05) is 0 Å². The molecule has 9 heteroatoms. The van der Waals surface area contributed by atoms with E-state index in [0.29, 0.717) is 4.47 Å². The summed E-state index contributed by atoms with van der Waals surface area (Å²) in [6.07, 6.45) is 0. The standard InChI is InChI=1S/C7H2Br2FNO.C7H3BrFNO/c8-4-1-5(9)7(12)3(2-11)6(4)10;8-5-1-2-6(9)4(3-10)7(5)11/h1,12H;1-2,11H. The van der Waals surface area contributed by atoms with Crippen molar-refractivity contribution >= 4 is 47.8 Å². The Morgan fingerprint density at radius 3 is 1.83 bits per heavy atom. The number of phenols is 2. The molecule has 0 saturated carbocycles. The van der Waals surface area contributed by atoms with Crippen LogP contribution in [0.3, 0.4) is 0 Å². The quantitative estimate of drug-likeness (QED) is 0.483. The normalized spacial score (nSPS) is 9.35. The van der Waals surface area contributed by atoms with Gasteiger partial charge in [0, 0.05) is 0 Å². The highest BCUT2D eigenvalue weighted by Gasteiger charge is 2.14. The summed E-state index contributed by atoms with van der Waals surface area (Å²) in [5.41, 5.74) is -0.698. The molecule has 0 aliphatic heterocycles. The third-order valence-corrected chi connectivity index (χ3v) is 4.27. The molecule has 118 valence electrons. The minimum absolute atomic E-state index is 0.142. The fraction of sp³-hybridized carbons (Fsp3) is 0. The molecule has 2 N–H and O–H groups in total. The largest absolute Gasteiger partial charge is 0.505 e. The first-order valence-electron chi connectivity index (χ1n) is 5.58. The molecule has 0 amide bonds. The zero-order valence-electron chi connectivity index (χ0n) is 10.9. The van der Waals surface area contributed by atoms with Gasteiger partial charge in [-0.1, -0.05) is 0 Å². The molecule has 0 saturated heterocycles. The van der Waals surface area contributed by atoms with Crippen LogP contribution in [0.2, 0.25) is 0 Å². The summed E-state index contributed by atoms with van der Waals surface area (Å²) >= 11 is 8.83. The molecule has 0 aromatic heterocycles. The Morgan fingerprint density at radius 1 is 0.826 bits per heavy atom. The van der Waals surface area contributed by atoms with Crippen molar-refractivity contribution in [2.45, 2.75) is 0 Å². The maximum absolute atomic E-state index is 13.0. The SMILES string of the molecule is N#Cc1c(F)ccc(Br)c1O.N#Cc1c(O)c(Br)cc(Br)c1F. The van der Waals surface area contributed by atoms with Crippen LogP contribution in [0.5, 0.6) is 11.5 Å². The Kier molecular flexibility index (Phi) is 6.95. The van der Waals surface area contributed by atoms with Gasteiger partial charge in [0.15, 0.2) is 17.3 Å². The van der Waals surface area contributed by atoms with Crippen molar-refractivity contribution in [1.82, 2.24) is 0 Å². The van der Waals surface area contributed by atoms with E-state index in [1.807, 2.05) is 0 Å². The van der Waals surface area contributed by atoms with E-state index in [-0.39, 0.29) is 31.6 Å². The van der Waals surface area contributed by atoms with Crippen LogP contribution in [0, 0.1) is 34.3 Å². The van der Waals surface area contributed by atoms with Crippen LogP contribution in [0.15, 0.2) is 31.6 Å². The maximum Gasteiger partial charge on any atom is 0.158 e. The molecular weight excluding hydrogens is 506 g/mol. The minimum Gasteiger partial charge on any atom is -0.505 e. The number of nitrogens with zero attached hydrogens (tertiary/aromatic N) is 2. The van der Waals surface area contributed by atoms with Gasteiger partial charge in [-0.2, -0.15) is 10.5 Å². The number of nitriles is 2. The Labute approximate surface area is 155 Å². The molecule has 2 aromatic carbocycles. The fourth-order valence-electron chi connectivity index (χ4n) is 1.34. The van der Waals surface area contributed by atoms with Crippen LogP contribution in [-0.2, 0) is 0 Å². The Bertz CT molecular complexity index is 819. The average Bonchev–Trinajstić information content (AvgIpc) is 2.51. The minimum atomic E-state index is -0.752. The Morgan fingerprint density at radius 2 is 1.35 bits per heavy atom. The lowest BCUT2D eigenvalue weighted by molar-refractivity contribution is 0.462. The molecule has 0 fully saturated rings. The van der Waals surface area contributed by atoms with Crippen LogP contribution < -0.4 is 0 Å². The van der Waals surface area contributed by atoms with E-state index in [1.54, 1.807) is 12.1 Å². The van der Waals surface area contributed by atoms with Gasteiger partial charge in [-0.3, -0.25) is 0 Å². The van der Waals surface area contributed by atoms with E-state index in [9.17, 15) is 13.9 Å². The molecule has 0 aliphatic carbocycles. The Hall–Kier alpha value is -1.68. The van der Waals surface area contributed by atoms with E-state index in [4.69, 9.17) is 15.6 Å². The predicted octanol–water partition coefficient (Wildman–Crippen LogP) is 5.09. The number of phenolic OH excluding ortho intramolecular Hbond substituents is 2. The second kappa shape index (κ2) is 8.25. The van der Waals surface area contributed by atoms with Gasteiger partial charge in [0.2, 0.25) is 0 Å². The molecule has 0 unspecified atom stereocenters. The monoisotopic (exact) mass is 508 g/mol. The lowest BCUT2D eigenvalue weighted by atomic mass is 10.2. The van der Waals surface area contributed by atoms with Gasteiger partial charge >= 0.3 is 0 Å². The van der Waals surface area contributed by atoms with Gasteiger partial charge in [0.05, 0.1) is 13.4 Å². The highest BCUT2D eigenvalue weighted by molar-refractivity contribution is 9.11. The van der Waals surface area contributed by atoms with Gasteiger partial charge in [-0.15, -0.1) is 0 Å². The summed E-state index contributed by atoms with van der Waals surface area (Å²) in [5, 5.41) is 35.1. The van der Waals surface area contributed by atoms with Crippen LogP contribution in [-0.4, -0.2) is 10.2 Å². The summed E-state index contributed by atoms with van der Waals surface area (Å²) in [5.74, 6) is -2.20. The first-order chi connectivity index (χ1) is 10.7. The van der Waals surface area contributed by atoms with E-state index in [2.05, 4.69) is 47.8 Å². The summed E-state index contributed by atoms with van der Waals surface area (Å²) in [6, 6.07) is 6.90. The molecule has 0 bridgehead atoms. The van der Waals surface area contributed by atoms with Crippen LogP contribution in [0.4, 0.5) is 8.78 Å². The zero-order chi connectivity index (χ0) is 17.7. The van der Waals surface area contributed by atoms with E-state index in [0.717, 1.165) is 6.07 Å². The maximum atomic E-state index is 13.0.